The number of aldehydes is 1. The minimum Gasteiger partial charge on any atom is -0.481 e. The Morgan fingerprint density at radius 1 is 1.69 bits per heavy atom. The van der Waals surface area contributed by atoms with E-state index in [-0.39, 0.29) is 29.7 Å². The fraction of sp³-hybridized carbons (Fsp3) is 0.286. The van der Waals surface area contributed by atoms with Gasteiger partial charge >= 0.3 is 5.97 Å². The Morgan fingerprint density at radius 3 is 2.94 bits per heavy atom. The van der Waals surface area contributed by atoms with Crippen LogP contribution in [0.2, 0.25) is 0 Å². The first-order valence-electron chi connectivity index (χ1n) is 4.10. The van der Waals surface area contributed by atoms with Crippen LogP contribution in [0.25, 0.3) is 0 Å². The van der Waals surface area contributed by atoms with Crippen molar-refractivity contribution in [2.24, 2.45) is 5.16 Å². The van der Waals surface area contributed by atoms with E-state index in [2.05, 4.69) is 19.4 Å². The minimum atomic E-state index is -1.01. The van der Waals surface area contributed by atoms with E-state index >= 15 is 0 Å². The number of nitrogen functional groups attached to an aromatic ring is 1. The van der Waals surface area contributed by atoms with Gasteiger partial charge in [-0.05, 0) is 0 Å². The zero-order chi connectivity index (χ0) is 12.0. The number of carbonyl (C=O) groups excluding carboxylic acids is 1. The van der Waals surface area contributed by atoms with Crippen LogP contribution < -0.4 is 5.73 Å². The van der Waals surface area contributed by atoms with Gasteiger partial charge < -0.3 is 15.7 Å². The summed E-state index contributed by atoms with van der Waals surface area (Å²) in [5.41, 5.74) is 5.19. The van der Waals surface area contributed by atoms with Crippen LogP contribution in [0.1, 0.15) is 12.2 Å². The van der Waals surface area contributed by atoms with Gasteiger partial charge in [0.15, 0.2) is 23.0 Å². The Labute approximate surface area is 93.9 Å². The average Bonchev–Trinajstić information content (AvgIpc) is 2.64. The Kier molecular flexibility index (Phi) is 4.33. The van der Waals surface area contributed by atoms with Gasteiger partial charge in [0.1, 0.15) is 6.61 Å². The smallest absolute Gasteiger partial charge is 0.306 e. The Morgan fingerprint density at radius 2 is 2.44 bits per heavy atom. The lowest BCUT2D eigenvalue weighted by Crippen LogP contribution is -2.07. The summed E-state index contributed by atoms with van der Waals surface area (Å²) in [6, 6.07) is 0. The van der Waals surface area contributed by atoms with Crippen molar-refractivity contribution in [1.82, 2.24) is 9.36 Å². The first-order chi connectivity index (χ1) is 7.63. The van der Waals surface area contributed by atoms with Crippen molar-refractivity contribution < 1.29 is 19.5 Å². The number of hydrogen-bond donors (Lipinski definition) is 2. The van der Waals surface area contributed by atoms with Crippen molar-refractivity contribution in [2.75, 3.05) is 12.3 Å². The third-order valence-corrected chi connectivity index (χ3v) is 1.90. The van der Waals surface area contributed by atoms with E-state index in [0.717, 1.165) is 11.5 Å². The number of hydrogen-bond acceptors (Lipinski definition) is 8. The van der Waals surface area contributed by atoms with Gasteiger partial charge in [0.2, 0.25) is 0 Å². The summed E-state index contributed by atoms with van der Waals surface area (Å²) in [6.45, 7) is -0.133. The molecule has 1 aromatic rings. The van der Waals surface area contributed by atoms with Crippen LogP contribution in [-0.4, -0.2) is 39.0 Å². The van der Waals surface area contributed by atoms with Gasteiger partial charge in [-0.3, -0.25) is 9.59 Å². The number of carboxylic acids is 1. The van der Waals surface area contributed by atoms with E-state index in [9.17, 15) is 9.59 Å². The summed E-state index contributed by atoms with van der Waals surface area (Å²) >= 11 is 0.919. The molecule has 0 spiro atoms. The lowest BCUT2D eigenvalue weighted by molar-refractivity contribution is -0.138. The van der Waals surface area contributed by atoms with Crippen molar-refractivity contribution in [3.8, 4) is 0 Å². The zero-order valence-electron chi connectivity index (χ0n) is 7.99. The van der Waals surface area contributed by atoms with Gasteiger partial charge in [0.25, 0.3) is 0 Å². The Bertz CT molecular complexity index is 416. The number of aliphatic carboxylic acids is 1. The van der Waals surface area contributed by atoms with E-state index in [1.165, 1.54) is 0 Å². The standard InChI is InChI=1S/C7H8N4O4S/c8-7-9-6(11-16-7)4(3-12)10-15-2-1-5(13)14/h3H,1-2H2,(H,13,14)(H2,8,9,11). The number of aromatic nitrogens is 2. The topological polar surface area (TPSA) is 128 Å². The molecular weight excluding hydrogens is 236 g/mol. The highest BCUT2D eigenvalue weighted by molar-refractivity contribution is 7.09. The van der Waals surface area contributed by atoms with Crippen molar-refractivity contribution >= 4 is 34.6 Å². The molecule has 9 heteroatoms. The lowest BCUT2D eigenvalue weighted by Gasteiger charge is -1.96. The van der Waals surface area contributed by atoms with Crippen LogP contribution >= 0.6 is 11.5 Å². The maximum atomic E-state index is 10.6. The molecule has 0 amide bonds. The second-order valence-electron chi connectivity index (χ2n) is 2.53. The highest BCUT2D eigenvalue weighted by Crippen LogP contribution is 2.06. The summed E-state index contributed by atoms with van der Waals surface area (Å²) in [4.78, 5) is 29.1. The second-order valence-corrected chi connectivity index (χ2v) is 3.31. The highest BCUT2D eigenvalue weighted by Gasteiger charge is 2.09. The maximum absolute atomic E-state index is 10.6. The summed E-state index contributed by atoms with van der Waals surface area (Å²) in [5, 5.41) is 11.9. The molecule has 8 nitrogen and oxygen atoms in total. The van der Waals surface area contributed by atoms with Crippen molar-refractivity contribution in [3.05, 3.63) is 5.82 Å². The van der Waals surface area contributed by atoms with Gasteiger partial charge in [0, 0.05) is 11.5 Å². The second kappa shape index (κ2) is 5.75. The average molecular weight is 244 g/mol. The lowest BCUT2D eigenvalue weighted by atomic mass is 10.4. The molecule has 0 unspecified atom stereocenters. The molecule has 1 rings (SSSR count). The molecule has 0 saturated heterocycles. The molecule has 0 bridgehead atoms. The third kappa shape index (κ3) is 3.61. The molecule has 0 aliphatic heterocycles. The molecule has 0 atom stereocenters. The molecule has 3 N–H and O–H groups in total. The Hall–Kier alpha value is -2.03. The number of carbonyl (C=O) groups is 2. The molecule has 0 aromatic carbocycles. The fourth-order valence-electron chi connectivity index (χ4n) is 0.702. The van der Waals surface area contributed by atoms with Crippen LogP contribution in [0.4, 0.5) is 5.13 Å². The van der Waals surface area contributed by atoms with E-state index in [1.54, 1.807) is 0 Å². The number of nitrogens with two attached hydrogens (primary N) is 1. The quantitative estimate of drug-likeness (QED) is 0.299. The van der Waals surface area contributed by atoms with Crippen LogP contribution in [0.15, 0.2) is 5.16 Å². The molecule has 16 heavy (non-hydrogen) atoms. The monoisotopic (exact) mass is 244 g/mol. The van der Waals surface area contributed by atoms with Gasteiger partial charge in [-0.25, -0.2) is 0 Å². The van der Waals surface area contributed by atoms with E-state index in [1.807, 2.05) is 0 Å². The minimum absolute atomic E-state index is 0.0628. The SMILES string of the molecule is Nc1nc(C(C=O)=NOCCC(=O)O)ns1. The third-order valence-electron chi connectivity index (χ3n) is 1.35. The summed E-state index contributed by atoms with van der Waals surface area (Å²) < 4.78 is 3.75. The molecular formula is C7H8N4O4S. The van der Waals surface area contributed by atoms with Gasteiger partial charge in [-0.15, -0.1) is 0 Å². The zero-order valence-corrected chi connectivity index (χ0v) is 8.81. The van der Waals surface area contributed by atoms with Crippen molar-refractivity contribution in [1.29, 1.82) is 0 Å². The highest BCUT2D eigenvalue weighted by atomic mass is 32.1. The molecule has 0 fully saturated rings. The van der Waals surface area contributed by atoms with Gasteiger partial charge in [-0.1, -0.05) is 5.16 Å². The van der Waals surface area contributed by atoms with Crippen LogP contribution in [-0.2, 0) is 14.4 Å². The number of oxime groups is 1. The summed E-state index contributed by atoms with van der Waals surface area (Å²) in [5.74, 6) is -0.952. The summed E-state index contributed by atoms with van der Waals surface area (Å²) in [7, 11) is 0. The molecule has 0 radical (unpaired) electrons. The summed E-state index contributed by atoms with van der Waals surface area (Å²) in [6.07, 6.45) is 0.199. The number of anilines is 1. The molecule has 0 aliphatic carbocycles. The van der Waals surface area contributed by atoms with E-state index in [0.29, 0.717) is 6.29 Å². The van der Waals surface area contributed by atoms with Crippen LogP contribution in [0.3, 0.4) is 0 Å². The molecule has 86 valence electrons. The number of rotatable bonds is 6. The van der Waals surface area contributed by atoms with Crippen LogP contribution in [0, 0.1) is 0 Å². The van der Waals surface area contributed by atoms with Crippen molar-refractivity contribution in [3.63, 3.8) is 0 Å². The maximum Gasteiger partial charge on any atom is 0.306 e. The van der Waals surface area contributed by atoms with E-state index in [4.69, 9.17) is 10.8 Å². The Balaban J connectivity index is 2.57. The first kappa shape index (κ1) is 12.0. The number of nitrogens with zero attached hydrogens (tertiary/aromatic N) is 3. The normalized spacial score (nSPS) is 11.1. The first-order valence-corrected chi connectivity index (χ1v) is 4.87. The molecule has 0 aliphatic rings. The predicted molar refractivity (Wildman–Crippen MR) is 55.1 cm³/mol. The predicted octanol–water partition coefficient (Wildman–Crippen LogP) is -0.485. The van der Waals surface area contributed by atoms with Gasteiger partial charge in [-0.2, -0.15) is 9.36 Å². The molecule has 1 aromatic heterocycles. The number of carboxylic acid groups (broad SMARTS) is 1. The van der Waals surface area contributed by atoms with E-state index < -0.39 is 5.97 Å². The van der Waals surface area contributed by atoms with Gasteiger partial charge in [0.05, 0.1) is 6.42 Å². The largest absolute Gasteiger partial charge is 0.481 e. The molecule has 1 heterocycles. The van der Waals surface area contributed by atoms with Crippen LogP contribution in [0.5, 0.6) is 0 Å². The van der Waals surface area contributed by atoms with Crippen molar-refractivity contribution in [2.45, 2.75) is 6.42 Å². The molecule has 0 saturated carbocycles. The fourth-order valence-corrected chi connectivity index (χ4v) is 1.14.